The van der Waals surface area contributed by atoms with E-state index >= 15 is 0 Å². The van der Waals surface area contributed by atoms with Gasteiger partial charge in [-0.05, 0) is 42.4 Å². The van der Waals surface area contributed by atoms with Crippen LogP contribution in [-0.4, -0.2) is 62.7 Å². The first kappa shape index (κ1) is 24.4. The Hall–Kier alpha value is -3.32. The van der Waals surface area contributed by atoms with Crippen molar-refractivity contribution in [2.45, 2.75) is 37.8 Å². The number of hydrogen-bond acceptors (Lipinski definition) is 7. The van der Waals surface area contributed by atoms with Gasteiger partial charge in [0, 0.05) is 30.4 Å². The highest BCUT2D eigenvalue weighted by Crippen LogP contribution is 2.52. The van der Waals surface area contributed by atoms with Crippen molar-refractivity contribution in [2.24, 2.45) is 11.8 Å². The molecule has 2 fully saturated rings. The Balaban J connectivity index is 1.53. The van der Waals surface area contributed by atoms with Gasteiger partial charge in [0.05, 0.1) is 38.7 Å². The van der Waals surface area contributed by atoms with Crippen LogP contribution in [0.1, 0.15) is 36.5 Å². The Kier molecular flexibility index (Phi) is 6.51. The van der Waals surface area contributed by atoms with Crippen LogP contribution in [0.25, 0.3) is 11.1 Å². The largest absolute Gasteiger partial charge is 0.504 e. The lowest BCUT2D eigenvalue weighted by molar-refractivity contribution is -0.137. The predicted molar refractivity (Wildman–Crippen MR) is 138 cm³/mol. The number of benzene rings is 2. The van der Waals surface area contributed by atoms with Gasteiger partial charge in [-0.25, -0.2) is 4.79 Å². The van der Waals surface area contributed by atoms with Crippen LogP contribution < -0.4 is 10.1 Å². The first-order valence-electron chi connectivity index (χ1n) is 12.6. The van der Waals surface area contributed by atoms with Crippen LogP contribution in [0.15, 0.2) is 54.3 Å². The number of ether oxygens (including phenoxy) is 3. The van der Waals surface area contributed by atoms with Crippen molar-refractivity contribution in [1.82, 2.24) is 4.90 Å². The van der Waals surface area contributed by atoms with Crippen molar-refractivity contribution >= 4 is 17.4 Å². The highest BCUT2D eigenvalue weighted by Gasteiger charge is 2.60. The average molecular weight is 491 g/mol. The second-order valence-corrected chi connectivity index (χ2v) is 9.93. The van der Waals surface area contributed by atoms with Gasteiger partial charge in [0.15, 0.2) is 5.78 Å². The normalized spacial score (nSPS) is 27.4. The number of carbonyl (C=O) groups excluding carboxylic acids is 2. The van der Waals surface area contributed by atoms with Crippen LogP contribution in [0.2, 0.25) is 0 Å². The molecule has 7 heteroatoms. The third kappa shape index (κ3) is 3.68. The fourth-order valence-electron chi connectivity index (χ4n) is 6.61. The van der Waals surface area contributed by atoms with Crippen molar-refractivity contribution < 1.29 is 23.8 Å². The third-order valence-corrected chi connectivity index (χ3v) is 8.34. The monoisotopic (exact) mass is 490 g/mol. The summed E-state index contributed by atoms with van der Waals surface area (Å²) in [6.07, 6.45) is 3.82. The number of ketones is 1. The number of nitrogens with zero attached hydrogens (tertiary/aromatic N) is 1. The van der Waals surface area contributed by atoms with Crippen molar-refractivity contribution in [3.63, 3.8) is 0 Å². The second-order valence-electron chi connectivity index (χ2n) is 9.93. The van der Waals surface area contributed by atoms with E-state index < -0.39 is 5.54 Å². The average Bonchev–Trinajstić information content (AvgIpc) is 3.42. The number of hydrogen-bond donors (Lipinski definition) is 1. The predicted octanol–water partition coefficient (Wildman–Crippen LogP) is 4.53. The van der Waals surface area contributed by atoms with E-state index in [2.05, 4.69) is 17.1 Å². The second kappa shape index (κ2) is 9.62. The molecule has 2 aromatic rings. The molecule has 0 saturated carbocycles. The van der Waals surface area contributed by atoms with Crippen molar-refractivity contribution in [1.29, 1.82) is 0 Å². The highest BCUT2D eigenvalue weighted by atomic mass is 16.5. The Morgan fingerprint density at radius 2 is 1.94 bits per heavy atom. The Morgan fingerprint density at radius 3 is 2.61 bits per heavy atom. The summed E-state index contributed by atoms with van der Waals surface area (Å²) in [6, 6.07) is 14.0. The van der Waals surface area contributed by atoms with Gasteiger partial charge in [-0.2, -0.15) is 0 Å². The molecular formula is C29H34N2O5. The summed E-state index contributed by atoms with van der Waals surface area (Å²) in [7, 11) is 4.57. The summed E-state index contributed by atoms with van der Waals surface area (Å²) in [5.74, 6) is 0.529. The first-order valence-corrected chi connectivity index (χ1v) is 12.6. The minimum absolute atomic E-state index is 0.0556. The zero-order valence-corrected chi connectivity index (χ0v) is 21.4. The van der Waals surface area contributed by atoms with Crippen LogP contribution in [0.3, 0.4) is 0 Å². The molecule has 3 heterocycles. The van der Waals surface area contributed by atoms with Crippen LogP contribution in [0.4, 0.5) is 5.69 Å². The Labute approximate surface area is 212 Å². The van der Waals surface area contributed by atoms with Gasteiger partial charge >= 0.3 is 5.97 Å². The number of methoxy groups -OCH3 is 3. The van der Waals surface area contributed by atoms with Crippen LogP contribution >= 0.6 is 0 Å². The fourth-order valence-corrected chi connectivity index (χ4v) is 6.61. The molecule has 3 aliphatic rings. The van der Waals surface area contributed by atoms with Gasteiger partial charge in [0.1, 0.15) is 11.3 Å². The lowest BCUT2D eigenvalue weighted by Crippen LogP contribution is -2.57. The molecule has 190 valence electrons. The number of carbonyl (C=O) groups is 2. The maximum atomic E-state index is 14.3. The number of fused-ring (bicyclic) bond motifs is 3. The van der Waals surface area contributed by atoms with Crippen LogP contribution in [0, 0.1) is 11.8 Å². The van der Waals surface area contributed by atoms with Crippen molar-refractivity contribution in [3.05, 3.63) is 59.9 Å². The quantitative estimate of drug-likeness (QED) is 0.362. The topological polar surface area (TPSA) is 77.1 Å². The molecule has 3 aliphatic heterocycles. The first-order chi connectivity index (χ1) is 17.5. The van der Waals surface area contributed by atoms with Crippen molar-refractivity contribution in [3.8, 4) is 16.9 Å². The molecule has 1 spiro atoms. The minimum atomic E-state index is -0.754. The van der Waals surface area contributed by atoms with Gasteiger partial charge in [0.25, 0.3) is 0 Å². The summed E-state index contributed by atoms with van der Waals surface area (Å²) in [5, 5.41) is 3.64. The molecule has 0 aliphatic carbocycles. The van der Waals surface area contributed by atoms with Crippen LogP contribution in [-0.2, 0) is 14.3 Å². The molecule has 0 bridgehead atoms. The molecule has 0 amide bonds. The molecule has 2 aromatic carbocycles. The third-order valence-electron chi connectivity index (χ3n) is 8.34. The lowest BCUT2D eigenvalue weighted by Gasteiger charge is -2.45. The lowest BCUT2D eigenvalue weighted by atomic mass is 9.72. The smallest absolute Gasteiger partial charge is 0.337 e. The summed E-state index contributed by atoms with van der Waals surface area (Å²) < 4.78 is 16.2. The van der Waals surface area contributed by atoms with Gasteiger partial charge in [0.2, 0.25) is 0 Å². The van der Waals surface area contributed by atoms with E-state index in [1.807, 2.05) is 42.5 Å². The molecular weight excluding hydrogens is 456 g/mol. The number of Topliss-reactive ketones (excluding diaryl/α,β-unsaturated/α-hetero) is 1. The standard InChI is InChI=1S/C29H34N2O5/c1-5-18-16-31-14-13-29(24(31)15-21(18)22(17-34-2)28(33)36-4)27(32)25-23(30-29)12-11-20(26(25)35-3)19-9-7-6-8-10-19/h6-12,17-18,21,24,30H,5,13-16H2,1-4H3/b22-17+/t18-,21+,24+,29+/m1/s1. The van der Waals surface area contributed by atoms with E-state index in [1.54, 1.807) is 14.2 Å². The highest BCUT2D eigenvalue weighted by molar-refractivity contribution is 6.17. The minimum Gasteiger partial charge on any atom is -0.504 e. The van der Waals surface area contributed by atoms with Crippen LogP contribution in [0.5, 0.6) is 5.75 Å². The van der Waals surface area contributed by atoms with Crippen molar-refractivity contribution in [2.75, 3.05) is 39.7 Å². The number of anilines is 1. The van der Waals surface area contributed by atoms with E-state index in [4.69, 9.17) is 14.2 Å². The Bertz CT molecular complexity index is 1190. The van der Waals surface area contributed by atoms with Gasteiger partial charge in [-0.1, -0.05) is 43.7 Å². The summed E-state index contributed by atoms with van der Waals surface area (Å²) in [5.41, 5.74) is 3.14. The SMILES string of the molecule is CC[C@@H]1CN2CC[C@]3(Nc4ccc(-c5ccccc5)c(OC)c4C3=O)[C@@H]2C[C@@H]1/C(=C\OC)C(=O)OC. The number of piperidine rings is 1. The zero-order chi connectivity index (χ0) is 25.4. The molecule has 0 radical (unpaired) electrons. The maximum absolute atomic E-state index is 14.3. The fraction of sp³-hybridized carbons (Fsp3) is 0.448. The summed E-state index contributed by atoms with van der Waals surface area (Å²) in [4.78, 5) is 29.4. The van der Waals surface area contributed by atoms with Gasteiger partial charge < -0.3 is 19.5 Å². The molecule has 5 rings (SSSR count). The number of esters is 1. The molecule has 7 nitrogen and oxygen atoms in total. The van der Waals surface area contributed by atoms with E-state index in [0.717, 1.165) is 36.3 Å². The number of nitrogens with one attached hydrogen (secondary N) is 1. The molecule has 0 aromatic heterocycles. The Morgan fingerprint density at radius 1 is 1.17 bits per heavy atom. The summed E-state index contributed by atoms with van der Waals surface area (Å²) in [6.45, 7) is 3.80. The molecule has 36 heavy (non-hydrogen) atoms. The van der Waals surface area contributed by atoms with E-state index in [0.29, 0.717) is 29.7 Å². The maximum Gasteiger partial charge on any atom is 0.337 e. The molecule has 1 N–H and O–H groups in total. The van der Waals surface area contributed by atoms with Gasteiger partial charge in [-0.15, -0.1) is 0 Å². The summed E-state index contributed by atoms with van der Waals surface area (Å²) >= 11 is 0. The van der Waals surface area contributed by atoms with E-state index in [9.17, 15) is 9.59 Å². The zero-order valence-electron chi connectivity index (χ0n) is 21.4. The molecule has 2 saturated heterocycles. The number of rotatable bonds is 6. The van der Waals surface area contributed by atoms with E-state index in [1.165, 1.54) is 13.4 Å². The van der Waals surface area contributed by atoms with E-state index in [-0.39, 0.29) is 29.6 Å². The van der Waals surface area contributed by atoms with Gasteiger partial charge in [-0.3, -0.25) is 9.69 Å². The molecule has 0 unspecified atom stereocenters. The molecule has 4 atom stereocenters.